The van der Waals surface area contributed by atoms with E-state index in [1.54, 1.807) is 0 Å². The van der Waals surface area contributed by atoms with Crippen molar-refractivity contribution >= 4 is 17.7 Å². The summed E-state index contributed by atoms with van der Waals surface area (Å²) in [6.07, 6.45) is 0.574. The Hall–Kier alpha value is -0.300. The monoisotopic (exact) mass is 275 g/mol. The Morgan fingerprint density at radius 3 is 3.00 bits per heavy atom. The molecule has 0 spiro atoms. The summed E-state index contributed by atoms with van der Waals surface area (Å²) >= 11 is 1.91. The summed E-state index contributed by atoms with van der Waals surface area (Å²) in [6, 6.07) is 0.332. The lowest BCUT2D eigenvalue weighted by Gasteiger charge is -2.22. The molecule has 0 radical (unpaired) electrons. The van der Waals surface area contributed by atoms with Crippen LogP contribution >= 0.6 is 11.8 Å². The number of rotatable bonds is 8. The molecule has 0 aromatic rings. The van der Waals surface area contributed by atoms with Crippen LogP contribution in [0.15, 0.2) is 0 Å². The Morgan fingerprint density at radius 2 is 2.33 bits per heavy atom. The highest BCUT2D eigenvalue weighted by Gasteiger charge is 2.16. The van der Waals surface area contributed by atoms with Crippen LogP contribution in [0.1, 0.15) is 6.42 Å². The number of nitrogens with zero attached hydrogens (tertiary/aromatic N) is 1. The molecule has 1 aliphatic heterocycles. The number of nitrogens with one attached hydrogen (secondary N) is 2. The number of thioether (sulfide) groups is 1. The molecule has 0 saturated carbocycles. The van der Waals surface area contributed by atoms with Gasteiger partial charge in [-0.3, -0.25) is 4.79 Å². The topological polar surface area (TPSA) is 53.6 Å². The highest BCUT2D eigenvalue weighted by molar-refractivity contribution is 7.99. The summed E-state index contributed by atoms with van der Waals surface area (Å²) in [5.41, 5.74) is 0. The van der Waals surface area contributed by atoms with Crippen LogP contribution in [-0.2, 0) is 9.53 Å². The first kappa shape index (κ1) is 15.8. The molecule has 18 heavy (non-hydrogen) atoms. The number of carbonyl (C=O) groups is 1. The second kappa shape index (κ2) is 9.61. The van der Waals surface area contributed by atoms with Crippen molar-refractivity contribution in [3.8, 4) is 0 Å². The fraction of sp³-hybridized carbons (Fsp3) is 0.917. The van der Waals surface area contributed by atoms with E-state index < -0.39 is 0 Å². The molecule has 1 saturated heterocycles. The molecule has 1 aliphatic rings. The van der Waals surface area contributed by atoms with Crippen LogP contribution < -0.4 is 10.6 Å². The quantitative estimate of drug-likeness (QED) is 0.600. The number of hydrogen-bond acceptors (Lipinski definition) is 5. The lowest BCUT2D eigenvalue weighted by atomic mass is 10.2. The molecule has 1 heterocycles. The fourth-order valence-corrected chi connectivity index (χ4v) is 2.61. The molecule has 6 heteroatoms. The summed E-state index contributed by atoms with van der Waals surface area (Å²) < 4.78 is 5.41. The van der Waals surface area contributed by atoms with Gasteiger partial charge in [-0.25, -0.2) is 0 Å². The summed E-state index contributed by atoms with van der Waals surface area (Å²) in [7, 11) is 4.03. The third kappa shape index (κ3) is 7.92. The van der Waals surface area contributed by atoms with Gasteiger partial charge in [0, 0.05) is 43.6 Å². The van der Waals surface area contributed by atoms with E-state index in [1.165, 1.54) is 0 Å². The van der Waals surface area contributed by atoms with Gasteiger partial charge in [0.2, 0.25) is 5.91 Å². The highest BCUT2D eigenvalue weighted by atomic mass is 32.2. The molecule has 1 unspecified atom stereocenters. The average molecular weight is 275 g/mol. The van der Waals surface area contributed by atoms with Crippen LogP contribution in [0, 0.1) is 0 Å². The first-order chi connectivity index (χ1) is 8.68. The molecule has 0 aliphatic carbocycles. The van der Waals surface area contributed by atoms with Crippen molar-refractivity contribution < 1.29 is 9.53 Å². The zero-order valence-electron chi connectivity index (χ0n) is 11.4. The summed E-state index contributed by atoms with van der Waals surface area (Å²) in [6.45, 7) is 3.83. The maximum atomic E-state index is 11.6. The Morgan fingerprint density at radius 1 is 1.50 bits per heavy atom. The summed E-state index contributed by atoms with van der Waals surface area (Å²) in [5, 5.41) is 6.25. The van der Waals surface area contributed by atoms with E-state index in [4.69, 9.17) is 4.74 Å². The van der Waals surface area contributed by atoms with Gasteiger partial charge in [0.15, 0.2) is 0 Å². The molecule has 0 bridgehead atoms. The van der Waals surface area contributed by atoms with Crippen molar-refractivity contribution in [3.05, 3.63) is 0 Å². The van der Waals surface area contributed by atoms with E-state index in [0.29, 0.717) is 32.2 Å². The minimum Gasteiger partial charge on any atom is -0.378 e. The van der Waals surface area contributed by atoms with Crippen LogP contribution in [0.5, 0.6) is 0 Å². The zero-order valence-corrected chi connectivity index (χ0v) is 12.2. The first-order valence-electron chi connectivity index (χ1n) is 6.49. The van der Waals surface area contributed by atoms with Crippen molar-refractivity contribution in [2.75, 3.05) is 58.4 Å². The van der Waals surface area contributed by atoms with Crippen LogP contribution in [0.25, 0.3) is 0 Å². The van der Waals surface area contributed by atoms with Gasteiger partial charge >= 0.3 is 0 Å². The molecule has 1 atom stereocenters. The number of likely N-dealkylation sites (N-methyl/N-ethyl adjacent to an activating group) is 1. The second-order valence-electron chi connectivity index (χ2n) is 4.70. The van der Waals surface area contributed by atoms with E-state index in [2.05, 4.69) is 15.5 Å². The molecule has 0 aromatic heterocycles. The molecule has 1 amide bonds. The first-order valence-corrected chi connectivity index (χ1v) is 7.64. The van der Waals surface area contributed by atoms with Gasteiger partial charge in [0.25, 0.3) is 0 Å². The smallest absolute Gasteiger partial charge is 0.221 e. The van der Waals surface area contributed by atoms with Gasteiger partial charge in [-0.1, -0.05) is 0 Å². The van der Waals surface area contributed by atoms with Crippen molar-refractivity contribution in [2.24, 2.45) is 0 Å². The Balaban J connectivity index is 1.93. The number of amides is 1. The summed E-state index contributed by atoms with van der Waals surface area (Å²) in [5.74, 6) is 2.30. The number of carbonyl (C=O) groups excluding carboxylic acids is 1. The van der Waals surface area contributed by atoms with E-state index in [9.17, 15) is 4.79 Å². The Bertz CT molecular complexity index is 233. The highest BCUT2D eigenvalue weighted by Crippen LogP contribution is 2.09. The van der Waals surface area contributed by atoms with Crippen LogP contribution in [0.4, 0.5) is 0 Å². The zero-order chi connectivity index (χ0) is 13.2. The third-order valence-corrected chi connectivity index (χ3v) is 3.81. The van der Waals surface area contributed by atoms with Crippen LogP contribution in [0.3, 0.4) is 0 Å². The standard InChI is InChI=1S/C12H25N3O2S/c1-15(2)5-7-17-6-3-14-12(16)9-11-10-18-8-4-13-11/h11,13H,3-10H2,1-2H3,(H,14,16). The normalized spacial score (nSPS) is 20.1. The predicted molar refractivity (Wildman–Crippen MR) is 76.1 cm³/mol. The lowest BCUT2D eigenvalue weighted by molar-refractivity contribution is -0.121. The predicted octanol–water partition coefficient (Wildman–Crippen LogP) is -0.224. The molecular weight excluding hydrogens is 250 g/mol. The van der Waals surface area contributed by atoms with E-state index in [1.807, 2.05) is 25.9 Å². The molecule has 1 fully saturated rings. The van der Waals surface area contributed by atoms with Crippen LogP contribution in [-0.4, -0.2) is 75.3 Å². The minimum absolute atomic E-state index is 0.117. The van der Waals surface area contributed by atoms with Gasteiger partial charge < -0.3 is 20.3 Å². The van der Waals surface area contributed by atoms with Gasteiger partial charge in [-0.15, -0.1) is 0 Å². The fourth-order valence-electron chi connectivity index (χ4n) is 1.66. The molecular formula is C12H25N3O2S. The van der Waals surface area contributed by atoms with Crippen molar-refractivity contribution in [2.45, 2.75) is 12.5 Å². The molecule has 106 valence electrons. The maximum Gasteiger partial charge on any atom is 0.221 e. The SMILES string of the molecule is CN(C)CCOCCNC(=O)CC1CSCCN1. The van der Waals surface area contributed by atoms with E-state index >= 15 is 0 Å². The molecule has 5 nitrogen and oxygen atoms in total. The second-order valence-corrected chi connectivity index (χ2v) is 5.85. The van der Waals surface area contributed by atoms with E-state index in [0.717, 1.165) is 24.6 Å². The average Bonchev–Trinajstić information content (AvgIpc) is 2.34. The largest absolute Gasteiger partial charge is 0.378 e. The summed E-state index contributed by atoms with van der Waals surface area (Å²) in [4.78, 5) is 13.7. The van der Waals surface area contributed by atoms with Crippen molar-refractivity contribution in [1.29, 1.82) is 0 Å². The van der Waals surface area contributed by atoms with Gasteiger partial charge in [-0.2, -0.15) is 11.8 Å². The Labute approximate surface area is 114 Å². The Kier molecular flexibility index (Phi) is 8.41. The van der Waals surface area contributed by atoms with Gasteiger partial charge in [0.05, 0.1) is 13.2 Å². The van der Waals surface area contributed by atoms with Crippen molar-refractivity contribution in [1.82, 2.24) is 15.5 Å². The van der Waals surface area contributed by atoms with Gasteiger partial charge in [0.1, 0.15) is 0 Å². The van der Waals surface area contributed by atoms with Crippen LogP contribution in [0.2, 0.25) is 0 Å². The maximum absolute atomic E-state index is 11.6. The van der Waals surface area contributed by atoms with E-state index in [-0.39, 0.29) is 5.91 Å². The number of hydrogen-bond donors (Lipinski definition) is 2. The third-order valence-electron chi connectivity index (χ3n) is 2.68. The molecule has 2 N–H and O–H groups in total. The lowest BCUT2D eigenvalue weighted by Crippen LogP contribution is -2.41. The van der Waals surface area contributed by atoms with Crippen molar-refractivity contribution in [3.63, 3.8) is 0 Å². The molecule has 1 rings (SSSR count). The minimum atomic E-state index is 0.117. The van der Waals surface area contributed by atoms with Gasteiger partial charge in [-0.05, 0) is 14.1 Å². The molecule has 0 aromatic carbocycles. The number of ether oxygens (including phenoxy) is 1.